The topological polar surface area (TPSA) is 66.0 Å². The number of ether oxygens (including phenoxy) is 1. The zero-order chi connectivity index (χ0) is 27.3. The third-order valence-electron chi connectivity index (χ3n) is 7.69. The van der Waals surface area contributed by atoms with Gasteiger partial charge in [0.1, 0.15) is 11.4 Å². The van der Waals surface area contributed by atoms with Crippen LogP contribution in [0, 0.1) is 0 Å². The summed E-state index contributed by atoms with van der Waals surface area (Å²) in [4.78, 5) is 36.4. The molecule has 2 fully saturated rings. The van der Waals surface area contributed by atoms with Gasteiger partial charge in [0.05, 0.1) is 17.9 Å². The van der Waals surface area contributed by atoms with Gasteiger partial charge in [-0.1, -0.05) is 38.3 Å². The van der Waals surface area contributed by atoms with Crippen LogP contribution >= 0.6 is 0 Å². The van der Waals surface area contributed by atoms with E-state index >= 15 is 0 Å². The van der Waals surface area contributed by atoms with Crippen LogP contribution in [0.4, 0.5) is 16.3 Å². The van der Waals surface area contributed by atoms with Crippen molar-refractivity contribution in [2.24, 2.45) is 0 Å². The maximum atomic E-state index is 13.5. The number of amides is 2. The van der Waals surface area contributed by atoms with E-state index in [9.17, 15) is 9.59 Å². The Hall–Kier alpha value is -3.09. The molecule has 1 unspecified atom stereocenters. The van der Waals surface area contributed by atoms with Crippen molar-refractivity contribution in [1.29, 1.82) is 0 Å². The predicted octanol–water partition coefficient (Wildman–Crippen LogP) is 6.63. The molecule has 4 rings (SSSR count). The van der Waals surface area contributed by atoms with E-state index in [-0.39, 0.29) is 18.0 Å². The van der Waals surface area contributed by atoms with Crippen molar-refractivity contribution in [3.8, 4) is 0 Å². The number of pyridine rings is 1. The molecule has 38 heavy (non-hydrogen) atoms. The average Bonchev–Trinajstić information content (AvgIpc) is 3.41. The van der Waals surface area contributed by atoms with Gasteiger partial charge >= 0.3 is 6.09 Å². The highest BCUT2D eigenvalue weighted by molar-refractivity contribution is 6.06. The van der Waals surface area contributed by atoms with Gasteiger partial charge in [-0.15, -0.1) is 0 Å². The molecule has 0 radical (unpaired) electrons. The number of anilines is 2. The van der Waals surface area contributed by atoms with E-state index in [1.54, 1.807) is 18.1 Å². The Kier molecular flexibility index (Phi) is 8.95. The second-order valence-electron chi connectivity index (χ2n) is 11.8. The number of hydrogen-bond acceptors (Lipinski definition) is 5. The SMILES string of the molecule is CCCN(C(=O)c1ccc(C2CCCCC2)cc1)c1ccc(N2CCC(N(C)C(=O)OC(C)(C)C)C2)nc1. The summed E-state index contributed by atoms with van der Waals surface area (Å²) in [6, 6.07) is 12.3. The maximum Gasteiger partial charge on any atom is 0.410 e. The molecule has 7 heteroatoms. The largest absolute Gasteiger partial charge is 0.444 e. The van der Waals surface area contributed by atoms with Gasteiger partial charge in [0.25, 0.3) is 5.91 Å². The van der Waals surface area contributed by atoms with Crippen LogP contribution in [0.5, 0.6) is 0 Å². The van der Waals surface area contributed by atoms with E-state index in [4.69, 9.17) is 9.72 Å². The summed E-state index contributed by atoms with van der Waals surface area (Å²) in [6.45, 7) is 9.87. The summed E-state index contributed by atoms with van der Waals surface area (Å²) in [5, 5.41) is 0. The first-order valence-electron chi connectivity index (χ1n) is 14.2. The zero-order valence-corrected chi connectivity index (χ0v) is 23.8. The number of carbonyl (C=O) groups is 2. The van der Waals surface area contributed by atoms with Gasteiger partial charge in [0, 0.05) is 32.2 Å². The fourth-order valence-electron chi connectivity index (χ4n) is 5.54. The summed E-state index contributed by atoms with van der Waals surface area (Å²) < 4.78 is 5.53. The molecule has 7 nitrogen and oxygen atoms in total. The van der Waals surface area contributed by atoms with Crippen LogP contribution in [-0.2, 0) is 4.74 Å². The number of likely N-dealkylation sites (N-methyl/N-ethyl adjacent to an activating group) is 1. The van der Waals surface area contributed by atoms with Crippen LogP contribution in [0.25, 0.3) is 0 Å². The molecule has 1 aliphatic carbocycles. The predicted molar refractivity (Wildman–Crippen MR) is 153 cm³/mol. The molecule has 1 aromatic heterocycles. The third-order valence-corrected chi connectivity index (χ3v) is 7.69. The lowest BCUT2D eigenvalue weighted by Gasteiger charge is -2.28. The van der Waals surface area contributed by atoms with E-state index in [0.29, 0.717) is 19.0 Å². The van der Waals surface area contributed by atoms with E-state index in [1.165, 1.54) is 37.7 Å². The minimum Gasteiger partial charge on any atom is -0.444 e. The Balaban J connectivity index is 1.40. The van der Waals surface area contributed by atoms with Gasteiger partial charge in [-0.2, -0.15) is 0 Å². The van der Waals surface area contributed by atoms with E-state index in [1.807, 2.05) is 49.9 Å². The smallest absolute Gasteiger partial charge is 0.410 e. The monoisotopic (exact) mass is 520 g/mol. The first kappa shape index (κ1) is 27.9. The van der Waals surface area contributed by atoms with Gasteiger partial charge in [0.15, 0.2) is 0 Å². The Labute approximate surface area is 228 Å². The van der Waals surface area contributed by atoms with Crippen molar-refractivity contribution in [3.05, 3.63) is 53.7 Å². The molecule has 0 bridgehead atoms. The van der Waals surface area contributed by atoms with Crippen LogP contribution in [0.1, 0.15) is 94.5 Å². The minimum atomic E-state index is -0.514. The molecule has 2 heterocycles. The first-order valence-corrected chi connectivity index (χ1v) is 14.2. The minimum absolute atomic E-state index is 0.0109. The van der Waals surface area contributed by atoms with Gasteiger partial charge in [-0.25, -0.2) is 9.78 Å². The lowest BCUT2D eigenvalue weighted by molar-refractivity contribution is 0.0237. The molecule has 1 aliphatic heterocycles. The van der Waals surface area contributed by atoms with Crippen LogP contribution in [0.2, 0.25) is 0 Å². The second kappa shape index (κ2) is 12.2. The number of rotatable bonds is 7. The Morgan fingerprint density at radius 1 is 1.03 bits per heavy atom. The van der Waals surface area contributed by atoms with Crippen LogP contribution in [0.15, 0.2) is 42.6 Å². The van der Waals surface area contributed by atoms with Gasteiger partial charge < -0.3 is 19.4 Å². The van der Waals surface area contributed by atoms with Crippen LogP contribution < -0.4 is 9.80 Å². The molecule has 1 saturated carbocycles. The van der Waals surface area contributed by atoms with E-state index < -0.39 is 5.60 Å². The molecule has 1 atom stereocenters. The highest BCUT2D eigenvalue weighted by Crippen LogP contribution is 2.33. The molecule has 2 aliphatic rings. The molecule has 2 amide bonds. The standard InChI is InChI=1S/C31H44N4O3/c1-6-19-35(29(36)25-14-12-24(13-15-25)23-10-8-7-9-11-23)26-16-17-28(32-21-26)34-20-18-27(22-34)33(5)30(37)38-31(2,3)4/h12-17,21,23,27H,6-11,18-20,22H2,1-5H3. The maximum absolute atomic E-state index is 13.5. The second-order valence-corrected chi connectivity index (χ2v) is 11.8. The normalized spacial score (nSPS) is 18.3. The molecule has 0 N–H and O–H groups in total. The zero-order valence-electron chi connectivity index (χ0n) is 23.8. The van der Waals surface area contributed by atoms with Crippen molar-refractivity contribution in [1.82, 2.24) is 9.88 Å². The summed E-state index contributed by atoms with van der Waals surface area (Å²) in [5.74, 6) is 1.50. The van der Waals surface area contributed by atoms with E-state index in [0.717, 1.165) is 36.5 Å². The molecule has 0 spiro atoms. The van der Waals surface area contributed by atoms with Crippen molar-refractivity contribution in [3.63, 3.8) is 0 Å². The number of nitrogens with zero attached hydrogens (tertiary/aromatic N) is 4. The van der Waals surface area contributed by atoms with Crippen molar-refractivity contribution >= 4 is 23.5 Å². The number of carbonyl (C=O) groups excluding carboxylic acids is 2. The fraction of sp³-hybridized carbons (Fsp3) is 0.581. The number of aromatic nitrogens is 1. The number of benzene rings is 1. The lowest BCUT2D eigenvalue weighted by atomic mass is 9.84. The lowest BCUT2D eigenvalue weighted by Crippen LogP contribution is -2.42. The van der Waals surface area contributed by atoms with Crippen LogP contribution in [0.3, 0.4) is 0 Å². The highest BCUT2D eigenvalue weighted by Gasteiger charge is 2.31. The van der Waals surface area contributed by atoms with Gasteiger partial charge in [-0.05, 0) is 82.2 Å². The summed E-state index contributed by atoms with van der Waals surface area (Å²) in [7, 11) is 1.80. The molecular formula is C31H44N4O3. The number of hydrogen-bond donors (Lipinski definition) is 0. The van der Waals surface area contributed by atoms with Crippen molar-refractivity contribution in [2.45, 2.75) is 90.2 Å². The molecule has 206 valence electrons. The molecule has 2 aromatic rings. The molecule has 1 saturated heterocycles. The highest BCUT2D eigenvalue weighted by atomic mass is 16.6. The Morgan fingerprint density at radius 3 is 2.34 bits per heavy atom. The summed E-state index contributed by atoms with van der Waals surface area (Å²) in [5.41, 5.74) is 2.36. The first-order chi connectivity index (χ1) is 18.2. The van der Waals surface area contributed by atoms with Gasteiger partial charge in [-0.3, -0.25) is 4.79 Å². The third kappa shape index (κ3) is 6.86. The van der Waals surface area contributed by atoms with Gasteiger partial charge in [0.2, 0.25) is 0 Å². The Bertz CT molecular complexity index is 1070. The van der Waals surface area contributed by atoms with Crippen molar-refractivity contribution < 1.29 is 14.3 Å². The summed E-state index contributed by atoms with van der Waals surface area (Å²) >= 11 is 0. The molecular weight excluding hydrogens is 476 g/mol. The van der Waals surface area contributed by atoms with Crippen LogP contribution in [-0.4, -0.2) is 60.2 Å². The van der Waals surface area contributed by atoms with Crippen molar-refractivity contribution in [2.75, 3.05) is 36.5 Å². The van der Waals surface area contributed by atoms with E-state index in [2.05, 4.69) is 24.0 Å². The Morgan fingerprint density at radius 2 is 1.74 bits per heavy atom. The molecule has 1 aromatic carbocycles. The summed E-state index contributed by atoms with van der Waals surface area (Å²) in [6.07, 6.45) is 9.67. The average molecular weight is 521 g/mol. The fourth-order valence-corrected chi connectivity index (χ4v) is 5.54. The quantitative estimate of drug-likeness (QED) is 0.410.